The Bertz CT molecular complexity index is 984. The van der Waals surface area contributed by atoms with Crippen molar-refractivity contribution in [3.8, 4) is 11.5 Å². The van der Waals surface area contributed by atoms with Crippen molar-refractivity contribution in [2.24, 2.45) is 5.92 Å². The van der Waals surface area contributed by atoms with Gasteiger partial charge in [0.1, 0.15) is 0 Å². The minimum absolute atomic E-state index is 0.0416. The lowest BCUT2D eigenvalue weighted by atomic mass is 9.95. The van der Waals surface area contributed by atoms with E-state index in [-0.39, 0.29) is 43.2 Å². The van der Waals surface area contributed by atoms with Gasteiger partial charge in [0.05, 0.1) is 0 Å². The second-order valence-corrected chi connectivity index (χ2v) is 8.56. The highest BCUT2D eigenvalue weighted by Crippen LogP contribution is 2.34. The van der Waals surface area contributed by atoms with Crippen molar-refractivity contribution in [1.82, 2.24) is 4.90 Å². The molecule has 2 aliphatic heterocycles. The number of nitrogens with one attached hydrogen (secondary N) is 1. The number of benzene rings is 2. The first kappa shape index (κ1) is 21.4. The van der Waals surface area contributed by atoms with E-state index in [1.807, 2.05) is 12.1 Å². The Hall–Kier alpha value is -2.87. The lowest BCUT2D eigenvalue weighted by Gasteiger charge is -2.31. The third kappa shape index (κ3) is 5.25. The lowest BCUT2D eigenvalue weighted by Crippen LogP contribution is -2.41. The van der Waals surface area contributed by atoms with Gasteiger partial charge >= 0.3 is 0 Å². The molecule has 1 fully saturated rings. The molecule has 0 aromatic heterocycles. The zero-order valence-electron chi connectivity index (χ0n) is 16.9. The number of ether oxygens (including phenoxy) is 2. The standard InChI is InChI=1S/C23H23BrN2O5/c24-17-3-1-15(2-4-17)19(27)6-8-22(28)26-11-9-16(10-12-26)23(29)25-18-5-7-20-21(13-18)31-14-30-20/h1-5,7,13,16H,6,8-12,14H2,(H,25,29). The number of rotatable bonds is 6. The summed E-state index contributed by atoms with van der Waals surface area (Å²) in [5, 5.41) is 2.92. The smallest absolute Gasteiger partial charge is 0.231 e. The maximum Gasteiger partial charge on any atom is 0.231 e. The van der Waals surface area contributed by atoms with Gasteiger partial charge in [-0.3, -0.25) is 14.4 Å². The molecule has 8 heteroatoms. The van der Waals surface area contributed by atoms with Crippen molar-refractivity contribution in [3.63, 3.8) is 0 Å². The predicted octanol–water partition coefficient (Wildman–Crippen LogP) is 4.02. The number of carbonyl (C=O) groups is 3. The fourth-order valence-electron chi connectivity index (χ4n) is 3.77. The average molecular weight is 487 g/mol. The number of likely N-dealkylation sites (tertiary alicyclic amines) is 1. The monoisotopic (exact) mass is 486 g/mol. The summed E-state index contributed by atoms with van der Waals surface area (Å²) in [6, 6.07) is 12.4. The Morgan fingerprint density at radius 2 is 1.68 bits per heavy atom. The molecule has 0 bridgehead atoms. The third-order valence-corrected chi connectivity index (χ3v) is 6.12. The van der Waals surface area contributed by atoms with E-state index >= 15 is 0 Å². The highest BCUT2D eigenvalue weighted by atomic mass is 79.9. The molecule has 2 aromatic carbocycles. The number of ketones is 1. The second-order valence-electron chi connectivity index (χ2n) is 7.64. The van der Waals surface area contributed by atoms with Crippen LogP contribution in [0.5, 0.6) is 11.5 Å². The number of halogens is 1. The zero-order chi connectivity index (χ0) is 21.8. The number of carbonyl (C=O) groups excluding carboxylic acids is 3. The summed E-state index contributed by atoms with van der Waals surface area (Å²) in [6.07, 6.45) is 1.57. The lowest BCUT2D eigenvalue weighted by molar-refractivity contribution is -0.134. The minimum atomic E-state index is -0.154. The van der Waals surface area contributed by atoms with E-state index in [4.69, 9.17) is 9.47 Å². The second kappa shape index (κ2) is 9.51. The van der Waals surface area contributed by atoms with Crippen LogP contribution < -0.4 is 14.8 Å². The summed E-state index contributed by atoms with van der Waals surface area (Å²) in [4.78, 5) is 39.1. The van der Waals surface area contributed by atoms with Crippen molar-refractivity contribution >= 4 is 39.2 Å². The average Bonchev–Trinajstić information content (AvgIpc) is 3.25. The Kier molecular flexibility index (Phi) is 6.56. The number of anilines is 1. The molecule has 2 aliphatic rings. The Balaban J connectivity index is 1.22. The summed E-state index contributed by atoms with van der Waals surface area (Å²) in [5.74, 6) is 0.994. The van der Waals surface area contributed by atoms with E-state index in [2.05, 4.69) is 21.2 Å². The van der Waals surface area contributed by atoms with Gasteiger partial charge in [-0.15, -0.1) is 0 Å². The van der Waals surface area contributed by atoms with Crippen molar-refractivity contribution in [2.45, 2.75) is 25.7 Å². The number of fused-ring (bicyclic) bond motifs is 1. The van der Waals surface area contributed by atoms with Gasteiger partial charge in [0, 0.05) is 53.6 Å². The normalized spacial score (nSPS) is 15.6. The molecule has 0 saturated carbocycles. The van der Waals surface area contributed by atoms with Crippen LogP contribution in [0, 0.1) is 5.92 Å². The fraction of sp³-hybridized carbons (Fsp3) is 0.348. The van der Waals surface area contributed by atoms with E-state index in [0.717, 1.165) is 4.47 Å². The molecule has 0 atom stereocenters. The van der Waals surface area contributed by atoms with Gasteiger partial charge in [-0.05, 0) is 37.1 Å². The molecule has 4 rings (SSSR count). The number of piperidine rings is 1. The molecule has 0 aliphatic carbocycles. The highest BCUT2D eigenvalue weighted by Gasteiger charge is 2.28. The number of hydrogen-bond donors (Lipinski definition) is 1. The largest absolute Gasteiger partial charge is 0.454 e. The first-order valence-electron chi connectivity index (χ1n) is 10.3. The predicted molar refractivity (Wildman–Crippen MR) is 118 cm³/mol. The van der Waals surface area contributed by atoms with Gasteiger partial charge < -0.3 is 19.7 Å². The minimum Gasteiger partial charge on any atom is -0.454 e. The van der Waals surface area contributed by atoms with Crippen molar-refractivity contribution in [3.05, 3.63) is 52.5 Å². The van der Waals surface area contributed by atoms with Gasteiger partial charge in [-0.25, -0.2) is 0 Å². The molecular formula is C23H23BrN2O5. The van der Waals surface area contributed by atoms with Crippen LogP contribution in [0.3, 0.4) is 0 Å². The molecular weight excluding hydrogens is 464 g/mol. The Morgan fingerprint density at radius 3 is 2.42 bits per heavy atom. The molecule has 7 nitrogen and oxygen atoms in total. The van der Waals surface area contributed by atoms with Crippen molar-refractivity contribution < 1.29 is 23.9 Å². The summed E-state index contributed by atoms with van der Waals surface area (Å²) in [6.45, 7) is 1.23. The van der Waals surface area contributed by atoms with Gasteiger partial charge in [-0.2, -0.15) is 0 Å². The highest BCUT2D eigenvalue weighted by molar-refractivity contribution is 9.10. The number of Topliss-reactive ketones (excluding diaryl/α,β-unsaturated/α-hetero) is 1. The SMILES string of the molecule is O=C(CCC(=O)N1CCC(C(=O)Nc2ccc3c(c2)OCO3)CC1)c1ccc(Br)cc1. The third-order valence-electron chi connectivity index (χ3n) is 5.59. The van der Waals surface area contributed by atoms with Crippen molar-refractivity contribution in [1.29, 1.82) is 0 Å². The van der Waals surface area contributed by atoms with E-state index in [0.29, 0.717) is 48.7 Å². The maximum atomic E-state index is 12.6. The maximum absolute atomic E-state index is 12.6. The van der Waals surface area contributed by atoms with Crippen LogP contribution in [-0.2, 0) is 9.59 Å². The van der Waals surface area contributed by atoms with E-state index < -0.39 is 0 Å². The number of hydrogen-bond acceptors (Lipinski definition) is 5. The molecule has 2 aromatic rings. The summed E-state index contributed by atoms with van der Waals surface area (Å²) < 4.78 is 11.5. The fourth-order valence-corrected chi connectivity index (χ4v) is 4.03. The quantitative estimate of drug-likeness (QED) is 0.623. The zero-order valence-corrected chi connectivity index (χ0v) is 18.5. The van der Waals surface area contributed by atoms with Crippen LogP contribution in [0.2, 0.25) is 0 Å². The van der Waals surface area contributed by atoms with Gasteiger partial charge in [0.2, 0.25) is 18.6 Å². The first-order chi connectivity index (χ1) is 15.0. The van der Waals surface area contributed by atoms with Gasteiger partial charge in [0.15, 0.2) is 17.3 Å². The number of nitrogens with zero attached hydrogens (tertiary/aromatic N) is 1. The molecule has 0 spiro atoms. The van der Waals surface area contributed by atoms with Crippen LogP contribution in [0.1, 0.15) is 36.0 Å². The van der Waals surface area contributed by atoms with Crippen LogP contribution in [-0.4, -0.2) is 42.4 Å². The van der Waals surface area contributed by atoms with Crippen LogP contribution in [0.15, 0.2) is 46.9 Å². The van der Waals surface area contributed by atoms with Crippen LogP contribution in [0.25, 0.3) is 0 Å². The summed E-state index contributed by atoms with van der Waals surface area (Å²) >= 11 is 3.34. The van der Waals surface area contributed by atoms with Gasteiger partial charge in [-0.1, -0.05) is 28.1 Å². The Morgan fingerprint density at radius 1 is 0.968 bits per heavy atom. The molecule has 1 N–H and O–H groups in total. The topological polar surface area (TPSA) is 84.9 Å². The summed E-state index contributed by atoms with van der Waals surface area (Å²) in [7, 11) is 0. The molecule has 0 radical (unpaired) electrons. The van der Waals surface area contributed by atoms with E-state index in [1.165, 1.54) is 0 Å². The first-order valence-corrected chi connectivity index (χ1v) is 11.1. The van der Waals surface area contributed by atoms with E-state index in [9.17, 15) is 14.4 Å². The summed E-state index contributed by atoms with van der Waals surface area (Å²) in [5.41, 5.74) is 1.27. The molecule has 31 heavy (non-hydrogen) atoms. The van der Waals surface area contributed by atoms with Crippen molar-refractivity contribution in [2.75, 3.05) is 25.2 Å². The molecule has 2 amide bonds. The molecule has 0 unspecified atom stereocenters. The molecule has 162 valence electrons. The van der Waals surface area contributed by atoms with Crippen LogP contribution in [0.4, 0.5) is 5.69 Å². The van der Waals surface area contributed by atoms with E-state index in [1.54, 1.807) is 35.2 Å². The van der Waals surface area contributed by atoms with Crippen LogP contribution >= 0.6 is 15.9 Å². The molecule has 1 saturated heterocycles. The number of amides is 2. The van der Waals surface area contributed by atoms with Gasteiger partial charge in [0.25, 0.3) is 0 Å². The molecule has 2 heterocycles. The Labute approximate surface area is 188 Å².